The number of carbonyl (C=O) groups is 2. The minimum absolute atomic E-state index is 0.0728. The van der Waals surface area contributed by atoms with Crippen LogP contribution in [0.15, 0.2) is 48.8 Å². The van der Waals surface area contributed by atoms with Crippen molar-refractivity contribution in [3.63, 3.8) is 0 Å². The Morgan fingerprint density at radius 2 is 1.79 bits per heavy atom. The fraction of sp³-hybridized carbons (Fsp3) is 0.381. The Kier molecular flexibility index (Phi) is 6.60. The first kappa shape index (κ1) is 19.8. The van der Waals surface area contributed by atoms with Gasteiger partial charge >= 0.3 is 6.03 Å². The molecule has 0 spiro atoms. The predicted octanol–water partition coefficient (Wildman–Crippen LogP) is 2.99. The summed E-state index contributed by atoms with van der Waals surface area (Å²) in [6, 6.07) is 11.4. The molecule has 0 atom stereocenters. The Morgan fingerprint density at radius 3 is 2.46 bits per heavy atom. The second-order valence-corrected chi connectivity index (χ2v) is 7.26. The highest BCUT2D eigenvalue weighted by Gasteiger charge is 2.22. The molecule has 7 nitrogen and oxygen atoms in total. The number of aromatic nitrogens is 1. The normalized spacial score (nSPS) is 14.8. The molecule has 2 heterocycles. The van der Waals surface area contributed by atoms with Crippen molar-refractivity contribution >= 4 is 23.3 Å². The van der Waals surface area contributed by atoms with Crippen molar-refractivity contribution in [3.8, 4) is 0 Å². The van der Waals surface area contributed by atoms with Crippen molar-refractivity contribution in [3.05, 3.63) is 54.4 Å². The molecule has 0 aliphatic carbocycles. The topological polar surface area (TPSA) is 77.6 Å². The molecule has 2 N–H and O–H groups in total. The van der Waals surface area contributed by atoms with Gasteiger partial charge in [0.2, 0.25) is 5.91 Å². The average molecular weight is 381 g/mol. The molecule has 1 saturated heterocycles. The molecule has 3 amide bonds. The van der Waals surface area contributed by atoms with E-state index in [9.17, 15) is 9.59 Å². The van der Waals surface area contributed by atoms with Crippen LogP contribution in [0.2, 0.25) is 0 Å². The van der Waals surface area contributed by atoms with Gasteiger partial charge in [-0.25, -0.2) is 4.79 Å². The fourth-order valence-corrected chi connectivity index (χ4v) is 3.13. The lowest BCUT2D eigenvalue weighted by Gasteiger charge is -2.34. The van der Waals surface area contributed by atoms with Gasteiger partial charge in [0.15, 0.2) is 0 Å². The van der Waals surface area contributed by atoms with Crippen LogP contribution in [0.25, 0.3) is 0 Å². The summed E-state index contributed by atoms with van der Waals surface area (Å²) in [7, 11) is 0. The monoisotopic (exact) mass is 381 g/mol. The first-order valence-electron chi connectivity index (χ1n) is 9.59. The number of amides is 3. The number of nitrogens with one attached hydrogen (secondary N) is 2. The SMILES string of the molecule is CC(C)c1cccc(NC(=O)N2CCN(CC(=O)Nc3cccnc3)CC2)c1. The van der Waals surface area contributed by atoms with Crippen LogP contribution in [0.4, 0.5) is 16.2 Å². The summed E-state index contributed by atoms with van der Waals surface area (Å²) in [6.45, 7) is 7.08. The highest BCUT2D eigenvalue weighted by molar-refractivity contribution is 5.92. The molecular formula is C21H27N5O2. The van der Waals surface area contributed by atoms with Gasteiger partial charge in [0.25, 0.3) is 0 Å². The third-order valence-corrected chi connectivity index (χ3v) is 4.78. The number of carbonyl (C=O) groups excluding carboxylic acids is 2. The molecule has 1 aliphatic heterocycles. The number of rotatable bonds is 5. The zero-order chi connectivity index (χ0) is 19.9. The second kappa shape index (κ2) is 9.32. The molecule has 0 saturated carbocycles. The number of urea groups is 1. The molecule has 3 rings (SSSR count). The Hall–Kier alpha value is -2.93. The van der Waals surface area contributed by atoms with E-state index in [1.165, 1.54) is 5.56 Å². The Labute approximate surface area is 165 Å². The van der Waals surface area contributed by atoms with E-state index in [0.717, 1.165) is 5.69 Å². The van der Waals surface area contributed by atoms with E-state index in [-0.39, 0.29) is 11.9 Å². The zero-order valence-electron chi connectivity index (χ0n) is 16.4. The quantitative estimate of drug-likeness (QED) is 0.835. The van der Waals surface area contributed by atoms with Crippen LogP contribution in [-0.4, -0.2) is 59.4 Å². The Morgan fingerprint density at radius 1 is 1.04 bits per heavy atom. The lowest BCUT2D eigenvalue weighted by molar-refractivity contribution is -0.117. The van der Waals surface area contributed by atoms with Crippen LogP contribution >= 0.6 is 0 Å². The van der Waals surface area contributed by atoms with Gasteiger partial charge in [-0.05, 0) is 35.7 Å². The third kappa shape index (κ3) is 5.53. The highest BCUT2D eigenvalue weighted by atomic mass is 16.2. The molecule has 148 valence electrons. The predicted molar refractivity (Wildman–Crippen MR) is 110 cm³/mol. The maximum Gasteiger partial charge on any atom is 0.321 e. The van der Waals surface area contributed by atoms with E-state index in [1.807, 2.05) is 24.3 Å². The number of nitrogens with zero attached hydrogens (tertiary/aromatic N) is 3. The number of piperazine rings is 1. The van der Waals surface area contributed by atoms with Crippen molar-refractivity contribution < 1.29 is 9.59 Å². The van der Waals surface area contributed by atoms with Gasteiger partial charge in [-0.3, -0.25) is 14.7 Å². The number of pyridine rings is 1. The number of hydrogen-bond acceptors (Lipinski definition) is 4. The number of anilines is 2. The molecule has 0 radical (unpaired) electrons. The van der Waals surface area contributed by atoms with E-state index in [4.69, 9.17) is 0 Å². The van der Waals surface area contributed by atoms with Gasteiger partial charge in [-0.15, -0.1) is 0 Å². The van der Waals surface area contributed by atoms with Crippen LogP contribution in [0, 0.1) is 0 Å². The molecule has 1 fully saturated rings. The standard InChI is InChI=1S/C21H27N5O2/c1-16(2)17-5-3-6-18(13-17)24-21(28)26-11-9-25(10-12-26)15-20(27)23-19-7-4-8-22-14-19/h3-8,13-14,16H,9-12,15H2,1-2H3,(H,23,27)(H,24,28). The van der Waals surface area contributed by atoms with E-state index in [0.29, 0.717) is 44.3 Å². The van der Waals surface area contributed by atoms with Crippen LogP contribution in [0.5, 0.6) is 0 Å². The van der Waals surface area contributed by atoms with Crippen LogP contribution in [0.1, 0.15) is 25.3 Å². The summed E-state index contributed by atoms with van der Waals surface area (Å²) >= 11 is 0. The lowest BCUT2D eigenvalue weighted by Crippen LogP contribution is -2.51. The largest absolute Gasteiger partial charge is 0.324 e. The molecule has 1 aliphatic rings. The van der Waals surface area contributed by atoms with Gasteiger partial charge in [-0.2, -0.15) is 0 Å². The molecule has 0 unspecified atom stereocenters. The third-order valence-electron chi connectivity index (χ3n) is 4.78. The maximum atomic E-state index is 12.5. The summed E-state index contributed by atoms with van der Waals surface area (Å²) < 4.78 is 0. The lowest BCUT2D eigenvalue weighted by atomic mass is 10.0. The van der Waals surface area contributed by atoms with Crippen molar-refractivity contribution in [2.75, 3.05) is 43.4 Å². The molecular weight excluding hydrogens is 354 g/mol. The van der Waals surface area contributed by atoms with Gasteiger partial charge < -0.3 is 15.5 Å². The van der Waals surface area contributed by atoms with E-state index < -0.39 is 0 Å². The molecule has 1 aromatic carbocycles. The summed E-state index contributed by atoms with van der Waals surface area (Å²) in [5, 5.41) is 5.81. The maximum absolute atomic E-state index is 12.5. The van der Waals surface area contributed by atoms with Gasteiger partial charge in [0.05, 0.1) is 18.4 Å². The molecule has 2 aromatic rings. The van der Waals surface area contributed by atoms with E-state index in [1.54, 1.807) is 23.4 Å². The Bertz CT molecular complexity index is 801. The fourth-order valence-electron chi connectivity index (χ4n) is 3.13. The molecule has 1 aromatic heterocycles. The summed E-state index contributed by atoms with van der Waals surface area (Å²) in [5.41, 5.74) is 2.70. The van der Waals surface area contributed by atoms with E-state index >= 15 is 0 Å². The minimum atomic E-state index is -0.0969. The highest BCUT2D eigenvalue weighted by Crippen LogP contribution is 2.19. The zero-order valence-corrected chi connectivity index (χ0v) is 16.4. The smallest absolute Gasteiger partial charge is 0.321 e. The molecule has 7 heteroatoms. The number of benzene rings is 1. The Balaban J connectivity index is 1.45. The van der Waals surface area contributed by atoms with Crippen molar-refractivity contribution in [2.24, 2.45) is 0 Å². The van der Waals surface area contributed by atoms with Crippen molar-refractivity contribution in [2.45, 2.75) is 19.8 Å². The molecule has 0 bridgehead atoms. The first-order valence-corrected chi connectivity index (χ1v) is 9.59. The second-order valence-electron chi connectivity index (χ2n) is 7.26. The average Bonchev–Trinajstić information content (AvgIpc) is 2.69. The van der Waals surface area contributed by atoms with Crippen molar-refractivity contribution in [1.82, 2.24) is 14.8 Å². The first-order chi connectivity index (χ1) is 13.5. The summed E-state index contributed by atoms with van der Waals surface area (Å²) in [4.78, 5) is 32.5. The molecule has 28 heavy (non-hydrogen) atoms. The summed E-state index contributed by atoms with van der Waals surface area (Å²) in [5.74, 6) is 0.342. The van der Waals surface area contributed by atoms with Gasteiger partial charge in [0.1, 0.15) is 0 Å². The van der Waals surface area contributed by atoms with Crippen LogP contribution < -0.4 is 10.6 Å². The van der Waals surface area contributed by atoms with Gasteiger partial charge in [0, 0.05) is 38.1 Å². The van der Waals surface area contributed by atoms with Crippen LogP contribution in [0.3, 0.4) is 0 Å². The van der Waals surface area contributed by atoms with Gasteiger partial charge in [-0.1, -0.05) is 26.0 Å². The van der Waals surface area contributed by atoms with E-state index in [2.05, 4.69) is 40.4 Å². The summed E-state index contributed by atoms with van der Waals surface area (Å²) in [6.07, 6.45) is 3.29. The van der Waals surface area contributed by atoms with Crippen molar-refractivity contribution in [1.29, 1.82) is 0 Å². The minimum Gasteiger partial charge on any atom is -0.324 e. The number of hydrogen-bond donors (Lipinski definition) is 2. The van der Waals surface area contributed by atoms with Crippen LogP contribution in [-0.2, 0) is 4.79 Å².